The van der Waals surface area contributed by atoms with Gasteiger partial charge < -0.3 is 0 Å². The SMILES string of the molecule is C=IC(F)(F)c1ccc(C)c(-c2cc(Cl)ncn2)c1. The normalized spacial score (nSPS) is 11.6. The summed E-state index contributed by atoms with van der Waals surface area (Å²) in [5.74, 6) is 0. The van der Waals surface area contributed by atoms with Gasteiger partial charge in [-0.1, -0.05) is 28.2 Å². The van der Waals surface area contributed by atoms with Crippen molar-refractivity contribution < 1.29 is 8.78 Å². The van der Waals surface area contributed by atoms with Crippen LogP contribution in [0.2, 0.25) is 5.15 Å². The molecule has 0 spiro atoms. The van der Waals surface area contributed by atoms with Gasteiger partial charge in [0.05, 0.1) is 5.69 Å². The fourth-order valence-electron chi connectivity index (χ4n) is 1.63. The summed E-state index contributed by atoms with van der Waals surface area (Å²) < 4.78 is 28.0. The summed E-state index contributed by atoms with van der Waals surface area (Å²) in [6.07, 6.45) is 1.32. The van der Waals surface area contributed by atoms with Gasteiger partial charge in [0.1, 0.15) is 11.5 Å². The van der Waals surface area contributed by atoms with E-state index in [1.807, 2.05) is 6.92 Å². The number of aromatic nitrogens is 2. The standard InChI is InChI=1S/C13H10ClF2IN2/c1-8-3-4-9(13(15,16)17-2)5-10(8)11-6-12(14)19-7-18-11/h3-7H,2H2,1H3. The van der Waals surface area contributed by atoms with Gasteiger partial charge in [-0.05, 0) is 39.3 Å². The second-order valence-electron chi connectivity index (χ2n) is 3.89. The predicted molar refractivity (Wildman–Crippen MR) is 82.3 cm³/mol. The molecule has 1 heterocycles. The maximum atomic E-state index is 13.7. The van der Waals surface area contributed by atoms with Crippen molar-refractivity contribution in [3.05, 3.63) is 46.9 Å². The molecule has 0 saturated carbocycles. The highest BCUT2D eigenvalue weighted by Gasteiger charge is 2.28. The van der Waals surface area contributed by atoms with Gasteiger partial charge in [0.25, 0.3) is 0 Å². The zero-order chi connectivity index (χ0) is 14.0. The first-order chi connectivity index (χ1) is 8.94. The highest BCUT2D eigenvalue weighted by molar-refractivity contribution is 14.2. The molecule has 2 aromatic rings. The Bertz CT molecular complexity index is 632. The van der Waals surface area contributed by atoms with E-state index in [0.29, 0.717) is 11.3 Å². The van der Waals surface area contributed by atoms with E-state index in [-0.39, 0.29) is 10.7 Å². The molecule has 6 heteroatoms. The van der Waals surface area contributed by atoms with Gasteiger partial charge in [-0.3, -0.25) is 0 Å². The minimum atomic E-state index is -2.84. The lowest BCUT2D eigenvalue weighted by atomic mass is 10.0. The molecule has 0 aliphatic heterocycles. The quantitative estimate of drug-likeness (QED) is 0.433. The van der Waals surface area contributed by atoms with Crippen LogP contribution in [0.5, 0.6) is 0 Å². The third-order valence-electron chi connectivity index (χ3n) is 2.64. The van der Waals surface area contributed by atoms with Gasteiger partial charge in [-0.25, -0.2) is 9.97 Å². The average molecular weight is 395 g/mol. The minimum absolute atomic E-state index is 0.0226. The zero-order valence-corrected chi connectivity index (χ0v) is 12.9. The summed E-state index contributed by atoms with van der Waals surface area (Å²) in [5.41, 5.74) is 2.01. The third-order valence-corrected chi connectivity index (χ3v) is 4.43. The molecule has 1 aromatic heterocycles. The molecule has 2 nitrogen and oxygen atoms in total. The summed E-state index contributed by atoms with van der Waals surface area (Å²) in [6.45, 7) is 1.84. The molecule has 0 radical (unpaired) electrons. The van der Waals surface area contributed by atoms with Crippen LogP contribution in [0.15, 0.2) is 30.6 Å². The molecular weight excluding hydrogens is 385 g/mol. The lowest BCUT2D eigenvalue weighted by Gasteiger charge is -2.14. The van der Waals surface area contributed by atoms with Crippen LogP contribution < -0.4 is 0 Å². The van der Waals surface area contributed by atoms with Crippen molar-refractivity contribution in [2.24, 2.45) is 0 Å². The summed E-state index contributed by atoms with van der Waals surface area (Å²) >= 11 is 4.34. The summed E-state index contributed by atoms with van der Waals surface area (Å²) in [7, 11) is 0. The zero-order valence-electron chi connectivity index (χ0n) is 10.0. The molecule has 0 N–H and O–H groups in total. The van der Waals surface area contributed by atoms with Crippen molar-refractivity contribution in [2.45, 2.75) is 10.9 Å². The molecule has 0 aliphatic rings. The number of alkyl halides is 3. The van der Waals surface area contributed by atoms with Crippen molar-refractivity contribution in [2.75, 3.05) is 0 Å². The largest absolute Gasteiger partial charge is 0.316 e. The number of aryl methyl sites for hydroxylation is 1. The minimum Gasteiger partial charge on any atom is -0.236 e. The van der Waals surface area contributed by atoms with Gasteiger partial charge in [-0.15, -0.1) is 0 Å². The number of halogens is 4. The van der Waals surface area contributed by atoms with Crippen molar-refractivity contribution in [1.82, 2.24) is 9.97 Å². The van der Waals surface area contributed by atoms with Gasteiger partial charge in [-0.2, -0.15) is 8.78 Å². The number of hydrogen-bond acceptors (Lipinski definition) is 2. The predicted octanol–water partition coefficient (Wildman–Crippen LogP) is 4.56. The fourth-order valence-corrected chi connectivity index (χ4v) is 2.56. The first kappa shape index (κ1) is 14.5. The van der Waals surface area contributed by atoms with Crippen molar-refractivity contribution in [3.63, 3.8) is 0 Å². The van der Waals surface area contributed by atoms with E-state index in [0.717, 1.165) is 5.56 Å². The number of hydrogen-bond donors (Lipinski definition) is 0. The van der Waals surface area contributed by atoms with Gasteiger partial charge in [0.2, 0.25) is 0 Å². The topological polar surface area (TPSA) is 25.8 Å². The lowest BCUT2D eigenvalue weighted by molar-refractivity contribution is 0.127. The second-order valence-corrected chi connectivity index (χ2v) is 6.39. The van der Waals surface area contributed by atoms with Crippen molar-refractivity contribution in [1.29, 1.82) is 0 Å². The first-order valence-corrected chi connectivity index (χ1v) is 8.28. The summed E-state index contributed by atoms with van der Waals surface area (Å²) in [4.78, 5) is 7.86. The molecule has 0 bridgehead atoms. The van der Waals surface area contributed by atoms with E-state index in [1.165, 1.54) is 18.5 Å². The maximum absolute atomic E-state index is 13.7. The Morgan fingerprint density at radius 2 is 2.00 bits per heavy atom. The molecule has 2 rings (SSSR count). The highest BCUT2D eigenvalue weighted by atomic mass is 127. The van der Waals surface area contributed by atoms with Crippen LogP contribution in [-0.2, 0) is 3.93 Å². The Morgan fingerprint density at radius 3 is 2.63 bits per heavy atom. The molecule has 0 atom stereocenters. The number of rotatable bonds is 3. The smallest absolute Gasteiger partial charge is 0.236 e. The molecule has 19 heavy (non-hydrogen) atoms. The van der Waals surface area contributed by atoms with E-state index < -0.39 is 24.7 Å². The van der Waals surface area contributed by atoms with Crippen LogP contribution >= 0.6 is 32.3 Å². The van der Waals surface area contributed by atoms with Crippen molar-refractivity contribution in [3.8, 4) is 11.3 Å². The van der Waals surface area contributed by atoms with Crippen LogP contribution in [0.25, 0.3) is 11.3 Å². The molecule has 100 valence electrons. The van der Waals surface area contributed by atoms with Gasteiger partial charge in [0.15, 0.2) is 0 Å². The summed E-state index contributed by atoms with van der Waals surface area (Å²) in [6, 6.07) is 6.12. The molecule has 0 fully saturated rings. The number of benzene rings is 1. The second kappa shape index (κ2) is 5.58. The molecule has 0 saturated heterocycles. The molecule has 1 aromatic carbocycles. The van der Waals surface area contributed by atoms with Crippen molar-refractivity contribution >= 4 is 36.8 Å². The van der Waals surface area contributed by atoms with Crippen LogP contribution in [0.3, 0.4) is 0 Å². The average Bonchev–Trinajstić information content (AvgIpc) is 2.39. The van der Waals surface area contributed by atoms with E-state index >= 15 is 0 Å². The van der Waals surface area contributed by atoms with Gasteiger partial charge in [0, 0.05) is 17.2 Å². The fraction of sp³-hybridized carbons (Fsp3) is 0.154. The number of nitrogens with zero attached hydrogens (tertiary/aromatic N) is 2. The molecule has 0 unspecified atom stereocenters. The maximum Gasteiger partial charge on any atom is 0.316 e. The van der Waals surface area contributed by atoms with E-state index in [9.17, 15) is 8.78 Å². The highest BCUT2D eigenvalue weighted by Crippen LogP contribution is 2.40. The Balaban J connectivity index is 2.58. The van der Waals surface area contributed by atoms with Crippen LogP contribution in [0.4, 0.5) is 8.78 Å². The molecular formula is C13H10ClF2IN2. The Morgan fingerprint density at radius 1 is 1.26 bits per heavy atom. The Labute approximate surface area is 124 Å². The van der Waals surface area contributed by atoms with Crippen LogP contribution in [0, 0.1) is 6.92 Å². The Kier molecular flexibility index (Phi) is 4.25. The molecule has 0 amide bonds. The Hall–Kier alpha value is -0.950. The van der Waals surface area contributed by atoms with Crippen LogP contribution in [0.1, 0.15) is 11.1 Å². The first-order valence-electron chi connectivity index (χ1n) is 5.30. The molecule has 0 aliphatic carbocycles. The van der Waals surface area contributed by atoms with Crippen LogP contribution in [-0.4, -0.2) is 14.5 Å². The third kappa shape index (κ3) is 3.14. The lowest BCUT2D eigenvalue weighted by Crippen LogP contribution is -2.04. The van der Waals surface area contributed by atoms with Gasteiger partial charge >= 0.3 is 3.93 Å². The van der Waals surface area contributed by atoms with E-state index in [4.69, 9.17) is 11.6 Å². The van der Waals surface area contributed by atoms with E-state index in [2.05, 4.69) is 14.5 Å². The van der Waals surface area contributed by atoms with E-state index in [1.54, 1.807) is 12.1 Å². The monoisotopic (exact) mass is 394 g/mol. The summed E-state index contributed by atoms with van der Waals surface area (Å²) in [5, 5.41) is 0.283.